The van der Waals surface area contributed by atoms with E-state index in [-0.39, 0.29) is 11.8 Å². The van der Waals surface area contributed by atoms with E-state index in [1.54, 1.807) is 7.11 Å². The number of piperidine rings is 1. The molecule has 3 heterocycles. The van der Waals surface area contributed by atoms with Gasteiger partial charge in [-0.3, -0.25) is 9.69 Å². The molecule has 30 heavy (non-hydrogen) atoms. The predicted octanol–water partition coefficient (Wildman–Crippen LogP) is 1.35. The summed E-state index contributed by atoms with van der Waals surface area (Å²) in [6.45, 7) is 8.35. The van der Waals surface area contributed by atoms with Crippen LogP contribution >= 0.6 is 0 Å². The van der Waals surface area contributed by atoms with Crippen molar-refractivity contribution in [2.45, 2.75) is 19.4 Å². The number of methoxy groups -OCH3 is 1. The number of para-hydroxylation sites is 2. The molecular weight excluding hydrogens is 382 g/mol. The Bertz CT molecular complexity index is 825. The summed E-state index contributed by atoms with van der Waals surface area (Å²) in [4.78, 5) is 22.1. The van der Waals surface area contributed by atoms with Crippen molar-refractivity contribution in [2.24, 2.45) is 5.92 Å². The van der Waals surface area contributed by atoms with Crippen molar-refractivity contribution >= 4 is 22.9 Å². The average molecular weight is 416 g/mol. The molecule has 1 amide bonds. The van der Waals surface area contributed by atoms with Crippen LogP contribution in [0.25, 0.3) is 11.0 Å². The number of benzene rings is 1. The maximum Gasteiger partial charge on any atom is 0.223 e. The minimum Gasteiger partial charge on any atom is -0.383 e. The lowest BCUT2D eigenvalue weighted by atomic mass is 9.96. The first-order valence-corrected chi connectivity index (χ1v) is 11.0. The van der Waals surface area contributed by atoms with E-state index in [4.69, 9.17) is 14.5 Å². The lowest BCUT2D eigenvalue weighted by Gasteiger charge is -2.33. The lowest BCUT2D eigenvalue weighted by molar-refractivity contribution is -0.125. The van der Waals surface area contributed by atoms with Crippen molar-refractivity contribution < 1.29 is 14.3 Å². The number of carbonyl (C=O) groups excluding carboxylic acids is 1. The van der Waals surface area contributed by atoms with Crippen molar-refractivity contribution in [3.63, 3.8) is 0 Å². The van der Waals surface area contributed by atoms with Crippen LogP contribution in [-0.2, 0) is 20.8 Å². The van der Waals surface area contributed by atoms with Gasteiger partial charge in [-0.25, -0.2) is 4.98 Å². The minimum absolute atomic E-state index is 0.0734. The van der Waals surface area contributed by atoms with Crippen LogP contribution in [0, 0.1) is 5.92 Å². The van der Waals surface area contributed by atoms with E-state index >= 15 is 0 Å². The Morgan fingerprint density at radius 3 is 2.70 bits per heavy atom. The summed E-state index contributed by atoms with van der Waals surface area (Å²) in [6, 6.07) is 8.36. The summed E-state index contributed by atoms with van der Waals surface area (Å²) in [5.74, 6) is 1.25. The number of imidazole rings is 1. The highest BCUT2D eigenvalue weighted by Gasteiger charge is 2.27. The van der Waals surface area contributed by atoms with Gasteiger partial charge in [-0.15, -0.1) is 0 Å². The molecule has 1 aromatic carbocycles. The molecular formula is C22H33N5O3. The standard InChI is InChI=1S/C22H33N5O3/c1-29-15-8-23-21(28)18-6-9-26(10-7-18)22-24-19-4-2-3-5-20(19)27(22)12-11-25-13-16-30-17-14-25/h2-5,18H,6-17H2,1H3,(H,23,28). The Balaban J connectivity index is 1.42. The van der Waals surface area contributed by atoms with Crippen LogP contribution in [0.3, 0.4) is 0 Å². The Kier molecular flexibility index (Phi) is 7.20. The topological polar surface area (TPSA) is 71.9 Å². The average Bonchev–Trinajstić information content (AvgIpc) is 3.17. The molecule has 8 heteroatoms. The Morgan fingerprint density at radius 2 is 1.93 bits per heavy atom. The second kappa shape index (κ2) is 10.2. The van der Waals surface area contributed by atoms with Crippen LogP contribution in [0.1, 0.15) is 12.8 Å². The van der Waals surface area contributed by atoms with Gasteiger partial charge in [-0.2, -0.15) is 0 Å². The fraction of sp³-hybridized carbons (Fsp3) is 0.636. The van der Waals surface area contributed by atoms with Crippen molar-refractivity contribution in [1.82, 2.24) is 19.8 Å². The van der Waals surface area contributed by atoms with Crippen molar-refractivity contribution in [3.8, 4) is 0 Å². The molecule has 4 rings (SSSR count). The largest absolute Gasteiger partial charge is 0.383 e. The van der Waals surface area contributed by atoms with Crippen molar-refractivity contribution in [1.29, 1.82) is 0 Å². The van der Waals surface area contributed by atoms with Gasteiger partial charge in [0.1, 0.15) is 0 Å². The Morgan fingerprint density at radius 1 is 1.17 bits per heavy atom. The minimum atomic E-state index is 0.0734. The van der Waals surface area contributed by atoms with E-state index in [2.05, 4.69) is 37.9 Å². The van der Waals surface area contributed by atoms with Crippen LogP contribution in [0.2, 0.25) is 0 Å². The van der Waals surface area contributed by atoms with Crippen LogP contribution in [-0.4, -0.2) is 86.6 Å². The third kappa shape index (κ3) is 4.94. The van der Waals surface area contributed by atoms with E-state index in [0.29, 0.717) is 13.2 Å². The zero-order chi connectivity index (χ0) is 20.8. The predicted molar refractivity (Wildman–Crippen MR) is 117 cm³/mol. The monoisotopic (exact) mass is 415 g/mol. The number of hydrogen-bond acceptors (Lipinski definition) is 6. The van der Waals surface area contributed by atoms with Gasteiger partial charge in [0.15, 0.2) is 0 Å². The Labute approximate surface area is 178 Å². The van der Waals surface area contributed by atoms with Crippen LogP contribution in [0.5, 0.6) is 0 Å². The molecule has 0 radical (unpaired) electrons. The van der Waals surface area contributed by atoms with E-state index < -0.39 is 0 Å². The number of nitrogens with zero attached hydrogens (tertiary/aromatic N) is 4. The van der Waals surface area contributed by atoms with Gasteiger partial charge in [-0.05, 0) is 25.0 Å². The highest BCUT2D eigenvalue weighted by molar-refractivity contribution is 5.80. The number of carbonyl (C=O) groups is 1. The smallest absolute Gasteiger partial charge is 0.223 e. The summed E-state index contributed by atoms with van der Waals surface area (Å²) < 4.78 is 12.8. The third-order valence-corrected chi connectivity index (χ3v) is 6.13. The molecule has 2 aliphatic rings. The molecule has 0 saturated carbocycles. The zero-order valence-corrected chi connectivity index (χ0v) is 17.9. The first-order valence-electron chi connectivity index (χ1n) is 11.0. The number of rotatable bonds is 8. The van der Waals surface area contributed by atoms with Crippen LogP contribution in [0.15, 0.2) is 24.3 Å². The fourth-order valence-electron chi connectivity index (χ4n) is 4.35. The molecule has 164 valence electrons. The number of nitrogens with one attached hydrogen (secondary N) is 1. The van der Waals surface area contributed by atoms with E-state index in [1.165, 1.54) is 5.52 Å². The maximum atomic E-state index is 12.4. The molecule has 2 aromatic rings. The number of hydrogen-bond donors (Lipinski definition) is 1. The summed E-state index contributed by atoms with van der Waals surface area (Å²) >= 11 is 0. The molecule has 2 aliphatic heterocycles. The summed E-state index contributed by atoms with van der Waals surface area (Å²) in [6.07, 6.45) is 1.71. The SMILES string of the molecule is COCCNC(=O)C1CCN(c2nc3ccccc3n2CCN2CCOCC2)CC1. The first kappa shape index (κ1) is 21.1. The van der Waals surface area contributed by atoms with E-state index in [0.717, 1.165) is 76.8 Å². The molecule has 2 fully saturated rings. The van der Waals surface area contributed by atoms with Crippen LogP contribution < -0.4 is 10.2 Å². The molecule has 8 nitrogen and oxygen atoms in total. The summed E-state index contributed by atoms with van der Waals surface area (Å²) in [5.41, 5.74) is 2.22. The second-order valence-corrected chi connectivity index (χ2v) is 8.05. The second-order valence-electron chi connectivity index (χ2n) is 8.05. The van der Waals surface area contributed by atoms with Crippen molar-refractivity contribution in [3.05, 3.63) is 24.3 Å². The molecule has 0 atom stereocenters. The normalized spacial score (nSPS) is 18.8. The number of ether oxygens (including phenoxy) is 2. The van der Waals surface area contributed by atoms with Gasteiger partial charge in [0.25, 0.3) is 0 Å². The molecule has 0 spiro atoms. The van der Waals surface area contributed by atoms with Crippen LogP contribution in [0.4, 0.5) is 5.95 Å². The first-order chi connectivity index (χ1) is 14.8. The summed E-state index contributed by atoms with van der Waals surface area (Å²) in [7, 11) is 1.65. The van der Waals surface area contributed by atoms with Gasteiger partial charge in [-0.1, -0.05) is 12.1 Å². The molecule has 2 saturated heterocycles. The number of morpholine rings is 1. The van der Waals surface area contributed by atoms with E-state index in [1.807, 2.05) is 6.07 Å². The number of amides is 1. The molecule has 1 aromatic heterocycles. The molecule has 0 unspecified atom stereocenters. The van der Waals surface area contributed by atoms with Gasteiger partial charge in [0.2, 0.25) is 11.9 Å². The lowest BCUT2D eigenvalue weighted by Crippen LogP contribution is -2.42. The maximum absolute atomic E-state index is 12.4. The van der Waals surface area contributed by atoms with Crippen molar-refractivity contribution in [2.75, 3.05) is 71.1 Å². The summed E-state index contributed by atoms with van der Waals surface area (Å²) in [5, 5.41) is 2.98. The zero-order valence-electron chi connectivity index (χ0n) is 17.9. The molecule has 0 bridgehead atoms. The highest BCUT2D eigenvalue weighted by Crippen LogP contribution is 2.27. The Hall–Kier alpha value is -2.16. The fourth-order valence-corrected chi connectivity index (χ4v) is 4.35. The van der Waals surface area contributed by atoms with Gasteiger partial charge >= 0.3 is 0 Å². The number of aromatic nitrogens is 2. The van der Waals surface area contributed by atoms with Gasteiger partial charge in [0.05, 0.1) is 30.9 Å². The number of anilines is 1. The molecule has 0 aliphatic carbocycles. The highest BCUT2D eigenvalue weighted by atomic mass is 16.5. The number of fused-ring (bicyclic) bond motifs is 1. The molecule has 1 N–H and O–H groups in total. The van der Waals surface area contributed by atoms with E-state index in [9.17, 15) is 4.79 Å². The quantitative estimate of drug-likeness (QED) is 0.657. The van der Waals surface area contributed by atoms with Gasteiger partial charge in [0, 0.05) is 58.8 Å². The van der Waals surface area contributed by atoms with Gasteiger partial charge < -0.3 is 24.3 Å². The third-order valence-electron chi connectivity index (χ3n) is 6.13.